The number of carboxylic acid groups (broad SMARTS) is 2. The van der Waals surface area contributed by atoms with Crippen LogP contribution in [0.5, 0.6) is 0 Å². The first-order chi connectivity index (χ1) is 8.45. The van der Waals surface area contributed by atoms with Gasteiger partial charge < -0.3 is 25.5 Å². The fourth-order valence-electron chi connectivity index (χ4n) is 1.90. The molecule has 0 aromatic rings. The molecule has 0 aliphatic carbocycles. The summed E-state index contributed by atoms with van der Waals surface area (Å²) in [5, 5.41) is 28.5. The standard InChI is InChI=1S/C10H16N2O6/c13-5-6-2-1-3-12(6)10(18)11-7(9(16)17)4-8(14)15/h6-7,13H,1-5H2,(H,11,18)(H,14,15)(H,16,17)/t6?,7-/m0/s1. The Kier molecular flexibility index (Phi) is 4.90. The van der Waals surface area contributed by atoms with Crippen molar-refractivity contribution in [2.24, 2.45) is 0 Å². The van der Waals surface area contributed by atoms with E-state index in [2.05, 4.69) is 5.32 Å². The van der Waals surface area contributed by atoms with Gasteiger partial charge in [-0.05, 0) is 12.8 Å². The predicted octanol–water partition coefficient (Wildman–Crippen LogP) is -0.919. The van der Waals surface area contributed by atoms with Crippen LogP contribution in [0.25, 0.3) is 0 Å². The number of rotatable bonds is 5. The molecule has 1 rings (SSSR count). The van der Waals surface area contributed by atoms with Crippen LogP contribution < -0.4 is 5.32 Å². The lowest BCUT2D eigenvalue weighted by Crippen LogP contribution is -2.50. The van der Waals surface area contributed by atoms with Gasteiger partial charge in [-0.25, -0.2) is 9.59 Å². The van der Waals surface area contributed by atoms with Crippen molar-refractivity contribution < 1.29 is 29.7 Å². The van der Waals surface area contributed by atoms with Gasteiger partial charge in [-0.1, -0.05) is 0 Å². The Balaban J connectivity index is 2.60. The minimum absolute atomic E-state index is 0.190. The number of aliphatic hydroxyl groups is 1. The molecule has 0 saturated carbocycles. The smallest absolute Gasteiger partial charge is 0.326 e. The molecule has 4 N–H and O–H groups in total. The third-order valence-electron chi connectivity index (χ3n) is 2.82. The second-order valence-corrected chi connectivity index (χ2v) is 4.11. The van der Waals surface area contributed by atoms with E-state index in [1.165, 1.54) is 4.90 Å². The summed E-state index contributed by atoms with van der Waals surface area (Å²) in [7, 11) is 0. The number of nitrogens with one attached hydrogen (secondary N) is 1. The normalized spacial score (nSPS) is 20.5. The first-order valence-corrected chi connectivity index (χ1v) is 5.58. The van der Waals surface area contributed by atoms with E-state index in [-0.39, 0.29) is 12.6 Å². The summed E-state index contributed by atoms with van der Waals surface area (Å²) in [6.45, 7) is 0.237. The average molecular weight is 260 g/mol. The van der Waals surface area contributed by atoms with Gasteiger partial charge in [0.05, 0.1) is 19.1 Å². The van der Waals surface area contributed by atoms with Crippen molar-refractivity contribution in [2.75, 3.05) is 13.2 Å². The van der Waals surface area contributed by atoms with Crippen molar-refractivity contribution in [3.05, 3.63) is 0 Å². The van der Waals surface area contributed by atoms with Gasteiger partial charge in [0.15, 0.2) is 0 Å². The Labute approximate surface area is 103 Å². The topological polar surface area (TPSA) is 127 Å². The average Bonchev–Trinajstić information content (AvgIpc) is 2.75. The summed E-state index contributed by atoms with van der Waals surface area (Å²) in [6.07, 6.45) is 0.703. The van der Waals surface area contributed by atoms with E-state index in [1.54, 1.807) is 0 Å². The maximum atomic E-state index is 11.8. The number of carbonyl (C=O) groups is 3. The molecule has 102 valence electrons. The van der Waals surface area contributed by atoms with Gasteiger partial charge in [-0.2, -0.15) is 0 Å². The number of likely N-dealkylation sites (tertiary alicyclic amines) is 1. The number of hydrogen-bond donors (Lipinski definition) is 4. The number of aliphatic hydroxyl groups excluding tert-OH is 1. The molecule has 1 heterocycles. The molecule has 8 nitrogen and oxygen atoms in total. The van der Waals surface area contributed by atoms with Crippen molar-refractivity contribution in [1.82, 2.24) is 10.2 Å². The zero-order valence-corrected chi connectivity index (χ0v) is 9.70. The molecular weight excluding hydrogens is 244 g/mol. The van der Waals surface area contributed by atoms with Gasteiger partial charge in [0.1, 0.15) is 6.04 Å². The largest absolute Gasteiger partial charge is 0.481 e. The number of amides is 2. The van der Waals surface area contributed by atoms with Crippen LogP contribution in [0.3, 0.4) is 0 Å². The SMILES string of the molecule is O=C(O)C[C@H](NC(=O)N1CCCC1CO)C(=O)O. The van der Waals surface area contributed by atoms with E-state index in [0.717, 1.165) is 6.42 Å². The molecule has 1 unspecified atom stereocenters. The van der Waals surface area contributed by atoms with Crippen LogP contribution in [0, 0.1) is 0 Å². The first kappa shape index (κ1) is 14.2. The third kappa shape index (κ3) is 3.59. The lowest BCUT2D eigenvalue weighted by molar-refractivity contribution is -0.145. The highest BCUT2D eigenvalue weighted by molar-refractivity contribution is 5.86. The summed E-state index contributed by atoms with van der Waals surface area (Å²) in [6, 6.07) is -2.44. The van der Waals surface area contributed by atoms with Crippen LogP contribution in [-0.2, 0) is 9.59 Å². The number of aliphatic carboxylic acids is 2. The Morgan fingerprint density at radius 1 is 1.33 bits per heavy atom. The lowest BCUT2D eigenvalue weighted by Gasteiger charge is -2.25. The van der Waals surface area contributed by atoms with Crippen molar-refractivity contribution in [3.63, 3.8) is 0 Å². The van der Waals surface area contributed by atoms with Crippen LogP contribution in [0.2, 0.25) is 0 Å². The number of hydrogen-bond acceptors (Lipinski definition) is 4. The molecule has 2 amide bonds. The van der Waals surface area contributed by atoms with E-state index < -0.39 is 30.4 Å². The molecule has 8 heteroatoms. The van der Waals surface area contributed by atoms with Gasteiger partial charge >= 0.3 is 18.0 Å². The van der Waals surface area contributed by atoms with Crippen molar-refractivity contribution in [2.45, 2.75) is 31.3 Å². The zero-order valence-electron chi connectivity index (χ0n) is 9.70. The first-order valence-electron chi connectivity index (χ1n) is 5.58. The third-order valence-corrected chi connectivity index (χ3v) is 2.82. The van der Waals surface area contributed by atoms with Crippen LogP contribution in [0.15, 0.2) is 0 Å². The number of nitrogens with zero attached hydrogens (tertiary/aromatic N) is 1. The molecule has 2 atom stereocenters. The Morgan fingerprint density at radius 3 is 2.50 bits per heavy atom. The van der Waals surface area contributed by atoms with Gasteiger partial charge in [-0.15, -0.1) is 0 Å². The highest BCUT2D eigenvalue weighted by atomic mass is 16.4. The van der Waals surface area contributed by atoms with E-state index in [0.29, 0.717) is 13.0 Å². The maximum Gasteiger partial charge on any atom is 0.326 e. The molecule has 0 bridgehead atoms. The molecule has 1 fully saturated rings. The molecule has 0 aromatic heterocycles. The van der Waals surface area contributed by atoms with Gasteiger partial charge in [-0.3, -0.25) is 4.79 Å². The number of carbonyl (C=O) groups excluding carboxylic acids is 1. The Morgan fingerprint density at radius 2 is 2.00 bits per heavy atom. The van der Waals surface area contributed by atoms with Crippen LogP contribution in [0.1, 0.15) is 19.3 Å². The van der Waals surface area contributed by atoms with Crippen LogP contribution in [0.4, 0.5) is 4.79 Å². The van der Waals surface area contributed by atoms with Gasteiger partial charge in [0, 0.05) is 6.54 Å². The second-order valence-electron chi connectivity index (χ2n) is 4.11. The molecule has 1 aliphatic heterocycles. The van der Waals surface area contributed by atoms with E-state index >= 15 is 0 Å². The fourth-order valence-corrected chi connectivity index (χ4v) is 1.90. The second kappa shape index (κ2) is 6.20. The molecule has 0 aromatic carbocycles. The van der Waals surface area contributed by atoms with E-state index in [9.17, 15) is 14.4 Å². The molecule has 18 heavy (non-hydrogen) atoms. The highest BCUT2D eigenvalue weighted by Crippen LogP contribution is 2.16. The van der Waals surface area contributed by atoms with E-state index in [1.807, 2.05) is 0 Å². The minimum Gasteiger partial charge on any atom is -0.481 e. The summed E-state index contributed by atoms with van der Waals surface area (Å²) in [5.74, 6) is -2.70. The molecule has 1 aliphatic rings. The van der Waals surface area contributed by atoms with E-state index in [4.69, 9.17) is 15.3 Å². The van der Waals surface area contributed by atoms with Crippen molar-refractivity contribution in [1.29, 1.82) is 0 Å². The summed E-state index contributed by atoms with van der Waals surface area (Å²) in [4.78, 5) is 34.3. The maximum absolute atomic E-state index is 11.8. The summed E-state index contributed by atoms with van der Waals surface area (Å²) >= 11 is 0. The minimum atomic E-state index is -1.46. The molecular formula is C10H16N2O6. The number of urea groups is 1. The van der Waals surface area contributed by atoms with Crippen molar-refractivity contribution in [3.8, 4) is 0 Å². The van der Waals surface area contributed by atoms with Gasteiger partial charge in [0.2, 0.25) is 0 Å². The zero-order chi connectivity index (χ0) is 13.7. The lowest BCUT2D eigenvalue weighted by atomic mass is 10.2. The number of carboxylic acids is 2. The summed E-state index contributed by atoms with van der Waals surface area (Å²) < 4.78 is 0. The highest BCUT2D eigenvalue weighted by Gasteiger charge is 2.31. The monoisotopic (exact) mass is 260 g/mol. The van der Waals surface area contributed by atoms with Crippen molar-refractivity contribution >= 4 is 18.0 Å². The quantitative estimate of drug-likeness (QED) is 0.506. The predicted molar refractivity (Wildman–Crippen MR) is 59.0 cm³/mol. The molecule has 1 saturated heterocycles. The summed E-state index contributed by atoms with van der Waals surface area (Å²) in [5.41, 5.74) is 0. The fraction of sp³-hybridized carbons (Fsp3) is 0.700. The molecule has 0 spiro atoms. The molecule has 0 radical (unpaired) electrons. The Hall–Kier alpha value is -1.83. The Bertz CT molecular complexity index is 345. The van der Waals surface area contributed by atoms with Crippen LogP contribution in [-0.4, -0.2) is 63.4 Å². The van der Waals surface area contributed by atoms with Gasteiger partial charge in [0.25, 0.3) is 0 Å². The van der Waals surface area contributed by atoms with Crippen LogP contribution >= 0.6 is 0 Å².